The number of nitrogens with one attached hydrogen (secondary N) is 1. The lowest BCUT2D eigenvalue weighted by Crippen LogP contribution is -2.16. The SMILES string of the molecule is CC.CC.NN/C=C(\N)c1ccc(Oc2ccccc2)cc1. The van der Waals surface area contributed by atoms with E-state index in [9.17, 15) is 0 Å². The van der Waals surface area contributed by atoms with Gasteiger partial charge in [-0.2, -0.15) is 0 Å². The fourth-order valence-electron chi connectivity index (χ4n) is 1.51. The summed E-state index contributed by atoms with van der Waals surface area (Å²) in [6, 6.07) is 17.1. The summed E-state index contributed by atoms with van der Waals surface area (Å²) in [5.41, 5.74) is 9.64. The molecule has 120 valence electrons. The number of rotatable bonds is 4. The number of nitrogens with two attached hydrogens (primary N) is 2. The molecular weight excluding hydrogens is 274 g/mol. The molecule has 0 aliphatic rings. The maximum absolute atomic E-state index is 5.79. The van der Waals surface area contributed by atoms with E-state index in [1.165, 1.54) is 6.20 Å². The van der Waals surface area contributed by atoms with E-state index in [2.05, 4.69) is 5.43 Å². The van der Waals surface area contributed by atoms with E-state index in [0.29, 0.717) is 5.70 Å². The van der Waals surface area contributed by atoms with E-state index in [4.69, 9.17) is 16.3 Å². The molecule has 0 amide bonds. The largest absolute Gasteiger partial charge is 0.457 e. The summed E-state index contributed by atoms with van der Waals surface area (Å²) in [6.45, 7) is 8.00. The van der Waals surface area contributed by atoms with Crippen molar-refractivity contribution in [2.24, 2.45) is 11.6 Å². The molecule has 0 radical (unpaired) electrons. The average Bonchev–Trinajstić information content (AvgIpc) is 2.60. The molecule has 0 heterocycles. The van der Waals surface area contributed by atoms with Gasteiger partial charge in [0.15, 0.2) is 0 Å². The van der Waals surface area contributed by atoms with Crippen molar-refractivity contribution in [1.82, 2.24) is 5.43 Å². The van der Waals surface area contributed by atoms with E-state index in [1.54, 1.807) is 0 Å². The molecular formula is C18H27N3O. The Balaban J connectivity index is 0.00000102. The van der Waals surface area contributed by atoms with Crippen LogP contribution in [0.4, 0.5) is 0 Å². The summed E-state index contributed by atoms with van der Waals surface area (Å²) in [4.78, 5) is 0. The maximum Gasteiger partial charge on any atom is 0.127 e. The van der Waals surface area contributed by atoms with Gasteiger partial charge in [-0.15, -0.1) is 0 Å². The second-order valence-electron chi connectivity index (χ2n) is 3.71. The monoisotopic (exact) mass is 301 g/mol. The van der Waals surface area contributed by atoms with Crippen LogP contribution in [0.3, 0.4) is 0 Å². The standard InChI is InChI=1S/C14H15N3O.2C2H6/c15-14(10-17-16)11-6-8-13(9-7-11)18-12-4-2-1-3-5-12;2*1-2/h1-10,17H,15-16H2;2*1-2H3/b14-10-;;. The molecule has 22 heavy (non-hydrogen) atoms. The lowest BCUT2D eigenvalue weighted by Gasteiger charge is -2.07. The summed E-state index contributed by atoms with van der Waals surface area (Å²) >= 11 is 0. The third-order valence-electron chi connectivity index (χ3n) is 2.41. The van der Waals surface area contributed by atoms with Crippen molar-refractivity contribution in [2.75, 3.05) is 0 Å². The summed E-state index contributed by atoms with van der Waals surface area (Å²) in [6.07, 6.45) is 1.53. The van der Waals surface area contributed by atoms with Crippen LogP contribution >= 0.6 is 0 Å². The number of hydrazine groups is 1. The molecule has 2 rings (SSSR count). The Morgan fingerprint density at radius 3 is 1.86 bits per heavy atom. The average molecular weight is 301 g/mol. The molecule has 0 aliphatic carbocycles. The van der Waals surface area contributed by atoms with Gasteiger partial charge in [0.1, 0.15) is 11.5 Å². The van der Waals surface area contributed by atoms with Crippen molar-refractivity contribution in [2.45, 2.75) is 27.7 Å². The Labute approximate surface area is 133 Å². The molecule has 0 fully saturated rings. The Morgan fingerprint density at radius 2 is 1.36 bits per heavy atom. The Hall–Kier alpha value is -2.46. The smallest absolute Gasteiger partial charge is 0.127 e. The van der Waals surface area contributed by atoms with Gasteiger partial charge in [0.2, 0.25) is 0 Å². The molecule has 0 aromatic heterocycles. The lowest BCUT2D eigenvalue weighted by molar-refractivity contribution is 0.482. The maximum atomic E-state index is 5.79. The van der Waals surface area contributed by atoms with E-state index in [-0.39, 0.29) is 0 Å². The summed E-state index contributed by atoms with van der Waals surface area (Å²) in [5.74, 6) is 6.73. The number of benzene rings is 2. The molecule has 0 saturated heterocycles. The molecule has 0 atom stereocenters. The Bertz CT molecular complexity index is 522. The molecule has 2 aromatic carbocycles. The first-order valence-electron chi connectivity index (χ1n) is 7.54. The Morgan fingerprint density at radius 1 is 0.864 bits per heavy atom. The van der Waals surface area contributed by atoms with E-state index in [0.717, 1.165) is 17.1 Å². The van der Waals surface area contributed by atoms with Crippen LogP contribution in [-0.2, 0) is 0 Å². The van der Waals surface area contributed by atoms with E-state index in [1.807, 2.05) is 82.3 Å². The highest BCUT2D eigenvalue weighted by molar-refractivity contribution is 5.62. The van der Waals surface area contributed by atoms with E-state index >= 15 is 0 Å². The third kappa shape index (κ3) is 6.81. The minimum Gasteiger partial charge on any atom is -0.457 e. The number of hydrogen-bond donors (Lipinski definition) is 3. The van der Waals surface area contributed by atoms with Crippen molar-refractivity contribution >= 4 is 5.70 Å². The second-order valence-corrected chi connectivity index (χ2v) is 3.71. The van der Waals surface area contributed by atoms with Gasteiger partial charge in [0.05, 0.1) is 5.70 Å². The molecule has 0 unspecified atom stereocenters. The quantitative estimate of drug-likeness (QED) is 0.583. The van der Waals surface area contributed by atoms with Gasteiger partial charge < -0.3 is 15.9 Å². The lowest BCUT2D eigenvalue weighted by atomic mass is 10.2. The number of ether oxygens (including phenoxy) is 1. The molecule has 4 nitrogen and oxygen atoms in total. The van der Waals surface area contributed by atoms with Gasteiger partial charge in [-0.05, 0) is 42.0 Å². The highest BCUT2D eigenvalue weighted by Crippen LogP contribution is 2.22. The minimum absolute atomic E-state index is 0.573. The van der Waals surface area contributed by atoms with Gasteiger partial charge in [-0.3, -0.25) is 5.84 Å². The first-order chi connectivity index (χ1) is 10.8. The van der Waals surface area contributed by atoms with Crippen molar-refractivity contribution in [3.63, 3.8) is 0 Å². The molecule has 2 aromatic rings. The van der Waals surface area contributed by atoms with Gasteiger partial charge >= 0.3 is 0 Å². The molecule has 4 heteroatoms. The zero-order valence-corrected chi connectivity index (χ0v) is 13.8. The van der Waals surface area contributed by atoms with Crippen LogP contribution in [0.5, 0.6) is 11.5 Å². The van der Waals surface area contributed by atoms with Crippen LogP contribution in [-0.4, -0.2) is 0 Å². The van der Waals surface area contributed by atoms with E-state index < -0.39 is 0 Å². The Kier molecular flexibility index (Phi) is 10.9. The molecule has 0 aliphatic heterocycles. The van der Waals surface area contributed by atoms with Crippen LogP contribution in [0.1, 0.15) is 33.3 Å². The van der Waals surface area contributed by atoms with Crippen molar-refractivity contribution < 1.29 is 4.74 Å². The highest BCUT2D eigenvalue weighted by Gasteiger charge is 1.99. The predicted molar refractivity (Wildman–Crippen MR) is 95.1 cm³/mol. The molecule has 5 N–H and O–H groups in total. The zero-order valence-electron chi connectivity index (χ0n) is 13.8. The van der Waals surface area contributed by atoms with Crippen molar-refractivity contribution in [1.29, 1.82) is 0 Å². The van der Waals surface area contributed by atoms with Gasteiger partial charge in [-0.1, -0.05) is 45.9 Å². The third-order valence-corrected chi connectivity index (χ3v) is 2.41. The summed E-state index contributed by atoms with van der Waals surface area (Å²) in [5, 5.41) is 0. The number of para-hydroxylation sites is 1. The molecule has 0 spiro atoms. The van der Waals surface area contributed by atoms with Crippen LogP contribution in [0, 0.1) is 0 Å². The predicted octanol–water partition coefficient (Wildman–Crippen LogP) is 4.25. The minimum atomic E-state index is 0.573. The summed E-state index contributed by atoms with van der Waals surface area (Å²) < 4.78 is 5.67. The van der Waals surface area contributed by atoms with Gasteiger partial charge in [0.25, 0.3) is 0 Å². The van der Waals surface area contributed by atoms with Crippen molar-refractivity contribution in [3.05, 3.63) is 66.4 Å². The van der Waals surface area contributed by atoms with Crippen LogP contribution < -0.4 is 21.7 Å². The van der Waals surface area contributed by atoms with Gasteiger partial charge in [-0.25, -0.2) is 0 Å². The molecule has 0 saturated carbocycles. The van der Waals surface area contributed by atoms with Crippen LogP contribution in [0.2, 0.25) is 0 Å². The van der Waals surface area contributed by atoms with Crippen LogP contribution in [0.25, 0.3) is 5.70 Å². The first-order valence-corrected chi connectivity index (χ1v) is 7.54. The van der Waals surface area contributed by atoms with Crippen molar-refractivity contribution in [3.8, 4) is 11.5 Å². The first kappa shape index (κ1) is 19.5. The topological polar surface area (TPSA) is 73.3 Å². The molecule has 0 bridgehead atoms. The zero-order chi connectivity index (χ0) is 16.8. The van der Waals surface area contributed by atoms with Gasteiger partial charge in [0, 0.05) is 6.20 Å². The second kappa shape index (κ2) is 12.3. The number of hydrogen-bond acceptors (Lipinski definition) is 4. The van der Waals surface area contributed by atoms with Crippen LogP contribution in [0.15, 0.2) is 60.8 Å². The fourth-order valence-corrected chi connectivity index (χ4v) is 1.51. The fraction of sp³-hybridized carbons (Fsp3) is 0.222. The normalized spacial score (nSPS) is 9.59. The highest BCUT2D eigenvalue weighted by atomic mass is 16.5. The summed E-state index contributed by atoms with van der Waals surface area (Å²) in [7, 11) is 0.